The Hall–Kier alpha value is -1.18. The molecule has 1 aromatic carbocycles. The van der Waals surface area contributed by atoms with E-state index >= 15 is 0 Å². The van der Waals surface area contributed by atoms with E-state index in [1.165, 1.54) is 49.8 Å². The molecule has 0 radical (unpaired) electrons. The molecule has 88 valence electrons. The van der Waals surface area contributed by atoms with Crippen LogP contribution in [-0.2, 0) is 0 Å². The van der Waals surface area contributed by atoms with Gasteiger partial charge in [0.15, 0.2) is 0 Å². The summed E-state index contributed by atoms with van der Waals surface area (Å²) < 4.78 is 0. The van der Waals surface area contributed by atoms with Crippen LogP contribution in [0.2, 0.25) is 0 Å². The van der Waals surface area contributed by atoms with E-state index in [4.69, 9.17) is 5.73 Å². The van der Waals surface area contributed by atoms with Crippen LogP contribution in [0.5, 0.6) is 0 Å². The van der Waals surface area contributed by atoms with E-state index in [2.05, 4.69) is 18.3 Å². The predicted molar refractivity (Wildman–Crippen MR) is 70.7 cm³/mol. The van der Waals surface area contributed by atoms with E-state index in [-0.39, 0.29) is 0 Å². The van der Waals surface area contributed by atoms with Crippen LogP contribution >= 0.6 is 0 Å². The number of anilines is 2. The smallest absolute Gasteiger partial charge is 0.0365 e. The molecule has 0 amide bonds. The first-order chi connectivity index (χ1) is 7.74. The normalized spacial score (nSPS) is 18.1. The van der Waals surface area contributed by atoms with Gasteiger partial charge in [0.2, 0.25) is 0 Å². The molecule has 0 aliphatic heterocycles. The van der Waals surface area contributed by atoms with Crippen LogP contribution in [0, 0.1) is 6.92 Å². The lowest BCUT2D eigenvalue weighted by Crippen LogP contribution is -2.18. The summed E-state index contributed by atoms with van der Waals surface area (Å²) in [5.74, 6) is 0. The van der Waals surface area contributed by atoms with E-state index in [0.717, 1.165) is 5.69 Å². The van der Waals surface area contributed by atoms with Crippen molar-refractivity contribution in [2.75, 3.05) is 11.1 Å². The van der Waals surface area contributed by atoms with Gasteiger partial charge in [-0.15, -0.1) is 0 Å². The summed E-state index contributed by atoms with van der Waals surface area (Å²) >= 11 is 0. The second kappa shape index (κ2) is 5.24. The maximum Gasteiger partial charge on any atom is 0.0365 e. The van der Waals surface area contributed by atoms with Crippen LogP contribution in [0.1, 0.15) is 44.1 Å². The third-order valence-corrected chi connectivity index (χ3v) is 3.33. The predicted octanol–water partition coefficient (Wildman–Crippen LogP) is 3.71. The monoisotopic (exact) mass is 218 g/mol. The minimum atomic E-state index is 0.642. The third kappa shape index (κ3) is 3.16. The number of hydrogen-bond donors (Lipinski definition) is 2. The third-order valence-electron chi connectivity index (χ3n) is 3.33. The summed E-state index contributed by atoms with van der Waals surface area (Å²) in [5.41, 5.74) is 9.13. The van der Waals surface area contributed by atoms with Crippen molar-refractivity contribution in [1.82, 2.24) is 0 Å². The SMILES string of the molecule is Cc1cc(N)cc(NC2CCCCCC2)c1. The largest absolute Gasteiger partial charge is 0.399 e. The van der Waals surface area contributed by atoms with Gasteiger partial charge in [0, 0.05) is 17.4 Å². The van der Waals surface area contributed by atoms with E-state index in [0.29, 0.717) is 6.04 Å². The summed E-state index contributed by atoms with van der Waals surface area (Å²) in [6.45, 7) is 2.09. The summed E-state index contributed by atoms with van der Waals surface area (Å²) in [6.07, 6.45) is 8.11. The van der Waals surface area contributed by atoms with E-state index < -0.39 is 0 Å². The lowest BCUT2D eigenvalue weighted by atomic mass is 10.1. The highest BCUT2D eigenvalue weighted by Gasteiger charge is 2.11. The molecule has 1 saturated carbocycles. The quantitative estimate of drug-likeness (QED) is 0.586. The fraction of sp³-hybridized carbons (Fsp3) is 0.571. The Bertz CT molecular complexity index is 318. The van der Waals surface area contributed by atoms with Gasteiger partial charge < -0.3 is 11.1 Å². The van der Waals surface area contributed by atoms with Gasteiger partial charge in [0.25, 0.3) is 0 Å². The zero-order valence-electron chi connectivity index (χ0n) is 10.1. The summed E-state index contributed by atoms with van der Waals surface area (Å²) in [6, 6.07) is 6.88. The van der Waals surface area contributed by atoms with E-state index in [1.807, 2.05) is 12.1 Å². The zero-order valence-corrected chi connectivity index (χ0v) is 10.1. The lowest BCUT2D eigenvalue weighted by molar-refractivity contribution is 0.620. The second-order valence-corrected chi connectivity index (χ2v) is 4.97. The summed E-state index contributed by atoms with van der Waals surface area (Å²) in [7, 11) is 0. The number of aryl methyl sites for hydroxylation is 1. The Labute approximate surface area is 98.2 Å². The van der Waals surface area contributed by atoms with Crippen LogP contribution in [0.25, 0.3) is 0 Å². The van der Waals surface area contributed by atoms with Crippen LogP contribution in [-0.4, -0.2) is 6.04 Å². The van der Waals surface area contributed by atoms with Gasteiger partial charge in [-0.3, -0.25) is 0 Å². The molecular weight excluding hydrogens is 196 g/mol. The first-order valence-electron chi connectivity index (χ1n) is 6.38. The Balaban J connectivity index is 2.01. The van der Waals surface area contributed by atoms with Crippen LogP contribution in [0.15, 0.2) is 18.2 Å². The van der Waals surface area contributed by atoms with E-state index in [9.17, 15) is 0 Å². The first kappa shape index (κ1) is 11.3. The molecule has 0 atom stereocenters. The van der Waals surface area contributed by atoms with Crippen molar-refractivity contribution >= 4 is 11.4 Å². The van der Waals surface area contributed by atoms with Crippen molar-refractivity contribution in [3.05, 3.63) is 23.8 Å². The topological polar surface area (TPSA) is 38.0 Å². The van der Waals surface area contributed by atoms with Gasteiger partial charge in [-0.1, -0.05) is 25.7 Å². The molecule has 3 N–H and O–H groups in total. The molecule has 1 aliphatic carbocycles. The summed E-state index contributed by atoms with van der Waals surface area (Å²) in [5, 5.41) is 3.62. The molecule has 0 aromatic heterocycles. The van der Waals surface area contributed by atoms with Crippen molar-refractivity contribution in [3.8, 4) is 0 Å². The van der Waals surface area contributed by atoms with Crippen molar-refractivity contribution in [1.29, 1.82) is 0 Å². The Morgan fingerprint density at radius 2 is 1.75 bits per heavy atom. The number of hydrogen-bond acceptors (Lipinski definition) is 2. The molecule has 0 heterocycles. The minimum Gasteiger partial charge on any atom is -0.399 e. The number of nitrogens with two attached hydrogens (primary N) is 1. The van der Waals surface area contributed by atoms with Gasteiger partial charge in [-0.25, -0.2) is 0 Å². The van der Waals surface area contributed by atoms with Gasteiger partial charge in [-0.05, 0) is 43.5 Å². The zero-order chi connectivity index (χ0) is 11.4. The van der Waals surface area contributed by atoms with Crippen molar-refractivity contribution in [2.24, 2.45) is 0 Å². The molecule has 1 aromatic rings. The highest BCUT2D eigenvalue weighted by Crippen LogP contribution is 2.23. The van der Waals surface area contributed by atoms with Crippen molar-refractivity contribution < 1.29 is 0 Å². The molecule has 2 rings (SSSR count). The van der Waals surface area contributed by atoms with Crippen LogP contribution < -0.4 is 11.1 Å². The molecule has 1 fully saturated rings. The maximum atomic E-state index is 5.86. The van der Waals surface area contributed by atoms with Crippen molar-refractivity contribution in [2.45, 2.75) is 51.5 Å². The molecule has 1 aliphatic rings. The molecule has 2 heteroatoms. The number of nitrogens with one attached hydrogen (secondary N) is 1. The van der Waals surface area contributed by atoms with Gasteiger partial charge in [0.05, 0.1) is 0 Å². The van der Waals surface area contributed by atoms with Gasteiger partial charge in [-0.2, -0.15) is 0 Å². The van der Waals surface area contributed by atoms with E-state index in [1.54, 1.807) is 0 Å². The molecule has 0 saturated heterocycles. The van der Waals surface area contributed by atoms with Crippen molar-refractivity contribution in [3.63, 3.8) is 0 Å². The maximum absolute atomic E-state index is 5.86. The second-order valence-electron chi connectivity index (χ2n) is 4.97. The van der Waals surface area contributed by atoms with Gasteiger partial charge in [0.1, 0.15) is 0 Å². The van der Waals surface area contributed by atoms with Crippen LogP contribution in [0.4, 0.5) is 11.4 Å². The lowest BCUT2D eigenvalue weighted by Gasteiger charge is -2.18. The molecule has 0 unspecified atom stereocenters. The van der Waals surface area contributed by atoms with Gasteiger partial charge >= 0.3 is 0 Å². The average Bonchev–Trinajstić information content (AvgIpc) is 2.44. The number of benzene rings is 1. The number of rotatable bonds is 2. The number of nitrogen functional groups attached to an aromatic ring is 1. The molecule has 16 heavy (non-hydrogen) atoms. The van der Waals surface area contributed by atoms with Crippen LogP contribution in [0.3, 0.4) is 0 Å². The molecule has 0 bridgehead atoms. The fourth-order valence-electron chi connectivity index (χ4n) is 2.56. The fourth-order valence-corrected chi connectivity index (χ4v) is 2.56. The molecule has 2 nitrogen and oxygen atoms in total. The first-order valence-corrected chi connectivity index (χ1v) is 6.38. The molecular formula is C14H22N2. The Kier molecular flexibility index (Phi) is 3.70. The Morgan fingerprint density at radius 1 is 1.06 bits per heavy atom. The minimum absolute atomic E-state index is 0.642. The Morgan fingerprint density at radius 3 is 2.38 bits per heavy atom. The molecule has 0 spiro atoms. The highest BCUT2D eigenvalue weighted by molar-refractivity contribution is 5.57. The average molecular weight is 218 g/mol. The standard InChI is InChI=1S/C14H22N2/c1-11-8-12(15)10-14(9-11)16-13-6-4-2-3-5-7-13/h8-10,13,16H,2-7,15H2,1H3. The highest BCUT2D eigenvalue weighted by atomic mass is 14.9. The summed E-state index contributed by atoms with van der Waals surface area (Å²) in [4.78, 5) is 0.